The van der Waals surface area contributed by atoms with E-state index < -0.39 is 0 Å². The molecule has 0 atom stereocenters. The van der Waals surface area contributed by atoms with Gasteiger partial charge in [-0.15, -0.1) is 0 Å². The van der Waals surface area contributed by atoms with Gasteiger partial charge in [-0.25, -0.2) is 0 Å². The maximum absolute atomic E-state index is 12.0. The molecule has 1 amide bonds. The van der Waals surface area contributed by atoms with Crippen LogP contribution in [0.5, 0.6) is 0 Å². The Morgan fingerprint density at radius 1 is 1.20 bits per heavy atom. The minimum Gasteiger partial charge on any atom is -0.352 e. The van der Waals surface area contributed by atoms with E-state index in [9.17, 15) is 4.79 Å². The molecule has 0 heterocycles. The molecule has 2 rings (SSSR count). The molecule has 0 aliphatic heterocycles. The molecule has 0 aromatic heterocycles. The number of hydrogen-bond acceptors (Lipinski definition) is 2. The summed E-state index contributed by atoms with van der Waals surface area (Å²) in [4.78, 5) is 12.0. The molecule has 1 fully saturated rings. The number of carbonyl (C=O) groups is 1. The molecule has 0 saturated heterocycles. The minimum absolute atomic E-state index is 0.205. The van der Waals surface area contributed by atoms with E-state index in [0.717, 1.165) is 24.0 Å². The molecule has 1 aliphatic carbocycles. The second-order valence-electron chi connectivity index (χ2n) is 5.26. The third kappa shape index (κ3) is 4.40. The van der Waals surface area contributed by atoms with Crippen molar-refractivity contribution in [2.24, 2.45) is 11.7 Å². The van der Waals surface area contributed by atoms with Gasteiger partial charge in [0, 0.05) is 18.0 Å². The van der Waals surface area contributed by atoms with E-state index in [0.29, 0.717) is 13.1 Å². The van der Waals surface area contributed by atoms with E-state index in [1.807, 2.05) is 24.3 Å². The summed E-state index contributed by atoms with van der Waals surface area (Å²) in [7, 11) is 0. The lowest BCUT2D eigenvalue weighted by molar-refractivity contribution is -0.126. The van der Waals surface area contributed by atoms with Crippen molar-refractivity contribution in [3.63, 3.8) is 0 Å². The third-order valence-corrected chi connectivity index (χ3v) is 3.73. The van der Waals surface area contributed by atoms with Crippen LogP contribution in [-0.2, 0) is 11.3 Å². The topological polar surface area (TPSA) is 55.1 Å². The van der Waals surface area contributed by atoms with Gasteiger partial charge >= 0.3 is 0 Å². The normalized spacial score (nSPS) is 15.2. The van der Waals surface area contributed by atoms with Gasteiger partial charge in [-0.05, 0) is 30.5 Å². The van der Waals surface area contributed by atoms with Gasteiger partial charge in [0.25, 0.3) is 0 Å². The molecule has 1 aromatic rings. The molecule has 0 radical (unpaired) electrons. The van der Waals surface area contributed by atoms with Crippen molar-refractivity contribution in [2.45, 2.75) is 38.6 Å². The zero-order valence-electron chi connectivity index (χ0n) is 11.8. The lowest BCUT2D eigenvalue weighted by Crippen LogP contribution is -2.31. The van der Waals surface area contributed by atoms with E-state index in [1.165, 1.54) is 19.3 Å². The first-order valence-electron chi connectivity index (χ1n) is 7.35. The summed E-state index contributed by atoms with van der Waals surface area (Å²) in [6.07, 6.45) is 5.73. The molecule has 0 bridgehead atoms. The Balaban J connectivity index is 1.82. The Bertz CT molecular complexity index is 490. The van der Waals surface area contributed by atoms with Gasteiger partial charge in [0.15, 0.2) is 0 Å². The number of nitrogens with one attached hydrogen (secondary N) is 1. The largest absolute Gasteiger partial charge is 0.352 e. The molecule has 1 saturated carbocycles. The first-order chi connectivity index (χ1) is 9.79. The molecule has 106 valence electrons. The highest BCUT2D eigenvalue weighted by molar-refractivity contribution is 5.78. The van der Waals surface area contributed by atoms with Crippen molar-refractivity contribution in [2.75, 3.05) is 6.54 Å². The van der Waals surface area contributed by atoms with Crippen LogP contribution in [0.2, 0.25) is 0 Å². The lowest BCUT2D eigenvalue weighted by atomic mass is 9.88. The molecule has 1 aromatic carbocycles. The first kappa shape index (κ1) is 14.6. The Hall–Kier alpha value is -1.79. The Kier molecular flexibility index (Phi) is 5.64. The van der Waals surface area contributed by atoms with Gasteiger partial charge in [0.2, 0.25) is 5.91 Å². The predicted molar refractivity (Wildman–Crippen MR) is 80.8 cm³/mol. The fraction of sp³-hybridized carbons (Fsp3) is 0.471. The molecule has 20 heavy (non-hydrogen) atoms. The predicted octanol–water partition coefficient (Wildman–Crippen LogP) is 2.19. The summed E-state index contributed by atoms with van der Waals surface area (Å²) >= 11 is 0. The SMILES string of the molecule is NCC#Cc1ccc(CNC(=O)C2CCCCC2)cc1. The number of hydrogen-bond donors (Lipinski definition) is 2. The van der Waals surface area contributed by atoms with Gasteiger partial charge in [-0.2, -0.15) is 0 Å². The summed E-state index contributed by atoms with van der Waals surface area (Å²) in [5, 5.41) is 3.04. The number of carbonyl (C=O) groups excluding carboxylic acids is 1. The zero-order chi connectivity index (χ0) is 14.2. The Morgan fingerprint density at radius 2 is 1.90 bits per heavy atom. The van der Waals surface area contributed by atoms with E-state index in [2.05, 4.69) is 17.2 Å². The van der Waals surface area contributed by atoms with E-state index in [-0.39, 0.29) is 11.8 Å². The maximum atomic E-state index is 12.0. The molecule has 1 aliphatic rings. The van der Waals surface area contributed by atoms with Crippen molar-refractivity contribution in [3.8, 4) is 11.8 Å². The van der Waals surface area contributed by atoms with Crippen LogP contribution in [0, 0.1) is 17.8 Å². The highest BCUT2D eigenvalue weighted by Crippen LogP contribution is 2.23. The summed E-state index contributed by atoms with van der Waals surface area (Å²) in [6, 6.07) is 7.93. The van der Waals surface area contributed by atoms with Crippen LogP contribution in [0.15, 0.2) is 24.3 Å². The average molecular weight is 270 g/mol. The summed E-state index contributed by atoms with van der Waals surface area (Å²) in [5.41, 5.74) is 7.40. The molecule has 3 heteroatoms. The third-order valence-electron chi connectivity index (χ3n) is 3.73. The molecule has 0 unspecified atom stereocenters. The summed E-state index contributed by atoms with van der Waals surface area (Å²) in [5.74, 6) is 6.24. The molecule has 0 spiro atoms. The minimum atomic E-state index is 0.205. The number of rotatable bonds is 3. The van der Waals surface area contributed by atoms with Crippen molar-refractivity contribution in [1.29, 1.82) is 0 Å². The fourth-order valence-electron chi connectivity index (χ4n) is 2.56. The Labute approximate surface area is 120 Å². The van der Waals surface area contributed by atoms with Crippen LogP contribution < -0.4 is 11.1 Å². The van der Waals surface area contributed by atoms with Crippen LogP contribution in [0.4, 0.5) is 0 Å². The van der Waals surface area contributed by atoms with Gasteiger partial charge in [-0.1, -0.05) is 43.2 Å². The van der Waals surface area contributed by atoms with Gasteiger partial charge in [0.05, 0.1) is 6.54 Å². The van der Waals surface area contributed by atoms with Crippen molar-refractivity contribution in [3.05, 3.63) is 35.4 Å². The quantitative estimate of drug-likeness (QED) is 0.827. The van der Waals surface area contributed by atoms with Crippen LogP contribution in [0.1, 0.15) is 43.2 Å². The molecular weight excluding hydrogens is 248 g/mol. The van der Waals surface area contributed by atoms with E-state index in [1.54, 1.807) is 0 Å². The van der Waals surface area contributed by atoms with Crippen LogP contribution in [0.25, 0.3) is 0 Å². The summed E-state index contributed by atoms with van der Waals surface area (Å²) < 4.78 is 0. The van der Waals surface area contributed by atoms with Gasteiger partial charge in [0.1, 0.15) is 0 Å². The monoisotopic (exact) mass is 270 g/mol. The van der Waals surface area contributed by atoms with Crippen molar-refractivity contribution < 1.29 is 4.79 Å². The van der Waals surface area contributed by atoms with Crippen LogP contribution >= 0.6 is 0 Å². The fourth-order valence-corrected chi connectivity index (χ4v) is 2.56. The van der Waals surface area contributed by atoms with Gasteiger partial charge in [-0.3, -0.25) is 4.79 Å². The highest BCUT2D eigenvalue weighted by atomic mass is 16.1. The molecule has 3 nitrogen and oxygen atoms in total. The van der Waals surface area contributed by atoms with E-state index >= 15 is 0 Å². The number of benzene rings is 1. The second kappa shape index (κ2) is 7.72. The highest BCUT2D eigenvalue weighted by Gasteiger charge is 2.20. The van der Waals surface area contributed by atoms with Gasteiger partial charge < -0.3 is 11.1 Å². The maximum Gasteiger partial charge on any atom is 0.223 e. The standard InChI is InChI=1S/C17H22N2O/c18-12-4-5-14-8-10-15(11-9-14)13-19-17(20)16-6-2-1-3-7-16/h8-11,16H,1-3,6-7,12-13,18H2,(H,19,20). The van der Waals surface area contributed by atoms with Crippen LogP contribution in [0.3, 0.4) is 0 Å². The molecular formula is C17H22N2O. The zero-order valence-corrected chi connectivity index (χ0v) is 11.8. The van der Waals surface area contributed by atoms with Crippen molar-refractivity contribution in [1.82, 2.24) is 5.32 Å². The number of nitrogens with two attached hydrogens (primary N) is 1. The smallest absolute Gasteiger partial charge is 0.223 e. The Morgan fingerprint density at radius 3 is 2.55 bits per heavy atom. The molecule has 3 N–H and O–H groups in total. The first-order valence-corrected chi connectivity index (χ1v) is 7.35. The van der Waals surface area contributed by atoms with E-state index in [4.69, 9.17) is 5.73 Å². The summed E-state index contributed by atoms with van der Waals surface area (Å²) in [6.45, 7) is 0.971. The second-order valence-corrected chi connectivity index (χ2v) is 5.26. The average Bonchev–Trinajstić information content (AvgIpc) is 2.52. The van der Waals surface area contributed by atoms with Crippen LogP contribution in [-0.4, -0.2) is 12.5 Å². The lowest BCUT2D eigenvalue weighted by Gasteiger charge is -2.20. The number of amides is 1. The van der Waals surface area contributed by atoms with Crippen molar-refractivity contribution >= 4 is 5.91 Å².